The number of nitrogens with zero attached hydrogens (tertiary/aromatic N) is 4. The molecule has 0 spiro atoms. The molecule has 0 aliphatic rings. The van der Waals surface area contributed by atoms with Crippen LogP contribution in [0.4, 0.5) is 5.69 Å². The van der Waals surface area contributed by atoms with E-state index < -0.39 is 0 Å². The fourth-order valence-electron chi connectivity index (χ4n) is 2.08. The van der Waals surface area contributed by atoms with Gasteiger partial charge in [-0.2, -0.15) is 5.10 Å². The van der Waals surface area contributed by atoms with Crippen LogP contribution in [0.5, 0.6) is 5.88 Å². The zero-order chi connectivity index (χ0) is 16.2. The number of amides is 1. The van der Waals surface area contributed by atoms with Crippen molar-refractivity contribution >= 4 is 11.6 Å². The lowest BCUT2D eigenvalue weighted by Gasteiger charge is -2.10. The molecule has 0 radical (unpaired) electrons. The highest BCUT2D eigenvalue weighted by Crippen LogP contribution is 2.22. The third kappa shape index (κ3) is 3.18. The van der Waals surface area contributed by atoms with E-state index >= 15 is 0 Å². The quantitative estimate of drug-likeness (QED) is 0.799. The first-order chi connectivity index (χ1) is 11.2. The molecule has 0 saturated heterocycles. The lowest BCUT2D eigenvalue weighted by Crippen LogP contribution is -2.16. The molecule has 3 heterocycles. The van der Waals surface area contributed by atoms with Crippen molar-refractivity contribution in [2.75, 3.05) is 12.4 Å². The van der Waals surface area contributed by atoms with Crippen molar-refractivity contribution < 1.29 is 9.53 Å². The fourth-order valence-corrected chi connectivity index (χ4v) is 2.08. The summed E-state index contributed by atoms with van der Waals surface area (Å²) in [6.07, 6.45) is 5.08. The van der Waals surface area contributed by atoms with Gasteiger partial charge in [0.2, 0.25) is 5.88 Å². The highest BCUT2D eigenvalue weighted by molar-refractivity contribution is 6.03. The van der Waals surface area contributed by atoms with Crippen molar-refractivity contribution in [1.82, 2.24) is 19.7 Å². The molecule has 0 atom stereocenters. The summed E-state index contributed by atoms with van der Waals surface area (Å²) in [6.45, 7) is 1.89. The summed E-state index contributed by atoms with van der Waals surface area (Å²) < 4.78 is 6.75. The minimum absolute atomic E-state index is 0.279. The van der Waals surface area contributed by atoms with Crippen LogP contribution in [-0.2, 0) is 0 Å². The normalized spacial score (nSPS) is 10.3. The number of nitrogens with one attached hydrogen (secondary N) is 1. The molecule has 7 heteroatoms. The van der Waals surface area contributed by atoms with Crippen molar-refractivity contribution in [3.05, 3.63) is 60.2 Å². The van der Waals surface area contributed by atoms with E-state index in [1.165, 1.54) is 7.11 Å². The van der Waals surface area contributed by atoms with Gasteiger partial charge in [-0.25, -0.2) is 14.6 Å². The predicted molar refractivity (Wildman–Crippen MR) is 84.8 cm³/mol. The molecule has 3 aromatic rings. The number of hydrogen-bond acceptors (Lipinski definition) is 5. The Morgan fingerprint density at radius 3 is 2.91 bits per heavy atom. The minimum atomic E-state index is -0.343. The van der Waals surface area contributed by atoms with Gasteiger partial charge in [-0.1, -0.05) is 6.07 Å². The van der Waals surface area contributed by atoms with Gasteiger partial charge in [0.05, 0.1) is 7.11 Å². The van der Waals surface area contributed by atoms with E-state index in [-0.39, 0.29) is 11.6 Å². The van der Waals surface area contributed by atoms with Gasteiger partial charge in [-0.3, -0.25) is 4.79 Å². The van der Waals surface area contributed by atoms with Gasteiger partial charge in [0, 0.05) is 18.6 Å². The number of carbonyl (C=O) groups excluding carboxylic acids is 1. The van der Waals surface area contributed by atoms with E-state index in [4.69, 9.17) is 4.74 Å². The second kappa shape index (κ2) is 6.27. The molecule has 1 N–H and O–H groups in total. The minimum Gasteiger partial charge on any atom is -0.480 e. The summed E-state index contributed by atoms with van der Waals surface area (Å²) in [5.41, 5.74) is 1.70. The molecular formula is C16H15N5O2. The van der Waals surface area contributed by atoms with Crippen molar-refractivity contribution in [2.24, 2.45) is 0 Å². The Kier molecular flexibility index (Phi) is 4.01. The van der Waals surface area contributed by atoms with Gasteiger partial charge in [-0.15, -0.1) is 0 Å². The van der Waals surface area contributed by atoms with Gasteiger partial charge < -0.3 is 10.1 Å². The number of methoxy groups -OCH3 is 1. The zero-order valence-corrected chi connectivity index (χ0v) is 12.7. The van der Waals surface area contributed by atoms with E-state index in [1.54, 1.807) is 53.6 Å². The summed E-state index contributed by atoms with van der Waals surface area (Å²) in [7, 11) is 1.50. The third-order valence-electron chi connectivity index (χ3n) is 3.14. The smallest absolute Gasteiger partial charge is 0.274 e. The summed E-state index contributed by atoms with van der Waals surface area (Å²) >= 11 is 0. The Morgan fingerprint density at radius 1 is 1.30 bits per heavy atom. The van der Waals surface area contributed by atoms with Gasteiger partial charge >= 0.3 is 0 Å². The summed E-state index contributed by atoms with van der Waals surface area (Å²) in [6, 6.07) is 8.75. The van der Waals surface area contributed by atoms with Crippen molar-refractivity contribution in [3.8, 4) is 11.7 Å². The van der Waals surface area contributed by atoms with Crippen molar-refractivity contribution in [3.63, 3.8) is 0 Å². The molecule has 116 valence electrons. The SMILES string of the molecule is COc1ncc(C)cc1NC(=O)c1cccc(-n2cccn2)n1. The average Bonchev–Trinajstić information content (AvgIpc) is 3.10. The van der Waals surface area contributed by atoms with E-state index in [0.717, 1.165) is 5.56 Å². The van der Waals surface area contributed by atoms with Crippen LogP contribution < -0.4 is 10.1 Å². The maximum absolute atomic E-state index is 12.4. The first-order valence-electron chi connectivity index (χ1n) is 6.96. The maximum Gasteiger partial charge on any atom is 0.274 e. The molecule has 0 aliphatic carbocycles. The number of rotatable bonds is 4. The molecule has 1 amide bonds. The number of aryl methyl sites for hydroxylation is 1. The molecule has 0 aromatic carbocycles. The number of hydrogen-bond donors (Lipinski definition) is 1. The molecule has 0 bridgehead atoms. The van der Waals surface area contributed by atoms with Gasteiger partial charge in [0.1, 0.15) is 11.4 Å². The van der Waals surface area contributed by atoms with Crippen molar-refractivity contribution in [2.45, 2.75) is 6.92 Å². The zero-order valence-electron chi connectivity index (χ0n) is 12.7. The summed E-state index contributed by atoms with van der Waals surface area (Å²) in [5, 5.41) is 6.87. The van der Waals surface area contributed by atoms with Crippen LogP contribution in [0, 0.1) is 6.92 Å². The lowest BCUT2D eigenvalue weighted by molar-refractivity contribution is 0.102. The largest absolute Gasteiger partial charge is 0.480 e. The van der Waals surface area contributed by atoms with Crippen LogP contribution in [0.2, 0.25) is 0 Å². The summed E-state index contributed by atoms with van der Waals surface area (Å²) in [4.78, 5) is 20.9. The first-order valence-corrected chi connectivity index (χ1v) is 6.96. The third-order valence-corrected chi connectivity index (χ3v) is 3.14. The molecule has 0 aliphatic heterocycles. The Hall–Kier alpha value is -3.22. The second-order valence-corrected chi connectivity index (χ2v) is 4.86. The first kappa shape index (κ1) is 14.7. The molecule has 23 heavy (non-hydrogen) atoms. The topological polar surface area (TPSA) is 81.9 Å². The average molecular weight is 309 g/mol. The van der Waals surface area contributed by atoms with E-state index in [2.05, 4.69) is 20.4 Å². The molecule has 3 rings (SSSR count). The maximum atomic E-state index is 12.4. The highest BCUT2D eigenvalue weighted by Gasteiger charge is 2.13. The van der Waals surface area contributed by atoms with Crippen LogP contribution in [0.15, 0.2) is 48.9 Å². The van der Waals surface area contributed by atoms with Gasteiger partial charge in [0.15, 0.2) is 5.82 Å². The molecular weight excluding hydrogens is 294 g/mol. The highest BCUT2D eigenvalue weighted by atomic mass is 16.5. The molecule has 7 nitrogen and oxygen atoms in total. The Bertz CT molecular complexity index is 830. The monoisotopic (exact) mass is 309 g/mol. The molecule has 3 aromatic heterocycles. The number of pyridine rings is 2. The second-order valence-electron chi connectivity index (χ2n) is 4.86. The van der Waals surface area contributed by atoms with Crippen LogP contribution in [0.25, 0.3) is 5.82 Å². The molecule has 0 saturated carbocycles. The van der Waals surface area contributed by atoms with Crippen LogP contribution in [0.3, 0.4) is 0 Å². The van der Waals surface area contributed by atoms with Crippen LogP contribution in [-0.4, -0.2) is 32.8 Å². The summed E-state index contributed by atoms with van der Waals surface area (Å²) in [5.74, 6) is 0.578. The van der Waals surface area contributed by atoms with E-state index in [0.29, 0.717) is 17.4 Å². The number of carbonyl (C=O) groups is 1. The van der Waals surface area contributed by atoms with Gasteiger partial charge in [0.25, 0.3) is 5.91 Å². The fraction of sp³-hybridized carbons (Fsp3) is 0.125. The van der Waals surface area contributed by atoms with Crippen LogP contribution >= 0.6 is 0 Å². The van der Waals surface area contributed by atoms with Gasteiger partial charge in [-0.05, 0) is 36.8 Å². The van der Waals surface area contributed by atoms with E-state index in [9.17, 15) is 4.79 Å². The van der Waals surface area contributed by atoms with Crippen LogP contribution in [0.1, 0.15) is 16.1 Å². The molecule has 0 unspecified atom stereocenters. The lowest BCUT2D eigenvalue weighted by atomic mass is 10.2. The predicted octanol–water partition coefficient (Wildman–Crippen LogP) is 2.23. The standard InChI is InChI=1S/C16H15N5O2/c1-11-9-13(16(23-2)17-10-11)20-15(22)12-5-3-6-14(19-12)21-8-4-7-18-21/h3-10H,1-2H3,(H,20,22). The Balaban J connectivity index is 1.87. The van der Waals surface area contributed by atoms with E-state index in [1.807, 2.05) is 6.92 Å². The number of anilines is 1. The number of aromatic nitrogens is 4. The number of ether oxygens (including phenoxy) is 1. The Labute approximate surface area is 133 Å². The van der Waals surface area contributed by atoms with Crippen molar-refractivity contribution in [1.29, 1.82) is 0 Å². The Morgan fingerprint density at radius 2 is 2.17 bits per heavy atom. The molecule has 0 fully saturated rings.